The minimum absolute atomic E-state index is 0.00750. The third-order valence-electron chi connectivity index (χ3n) is 7.57. The van der Waals surface area contributed by atoms with E-state index in [-0.39, 0.29) is 51.2 Å². The van der Waals surface area contributed by atoms with Gasteiger partial charge in [-0.15, -0.1) is 0 Å². The third-order valence-corrected chi connectivity index (χ3v) is 8.17. The van der Waals surface area contributed by atoms with Gasteiger partial charge in [0.1, 0.15) is 5.78 Å². The number of aliphatic hydroxyl groups excluding tert-OH is 1. The molecule has 198 valence electrons. The lowest BCUT2D eigenvalue weighted by molar-refractivity contribution is -0.130. The van der Waals surface area contributed by atoms with E-state index < -0.39 is 6.10 Å². The molecule has 0 radical (unpaired) electrons. The maximum Gasteiger partial charge on any atom is 0.257 e. The lowest BCUT2D eigenvalue weighted by Gasteiger charge is -2.45. The summed E-state index contributed by atoms with van der Waals surface area (Å²) in [5.41, 5.74) is 1.49. The predicted octanol–water partition coefficient (Wildman–Crippen LogP) is 5.35. The van der Waals surface area contributed by atoms with E-state index in [1.165, 1.54) is 12.4 Å². The fourth-order valence-electron chi connectivity index (χ4n) is 5.75. The first-order valence-corrected chi connectivity index (χ1v) is 13.4. The molecule has 9 heteroatoms. The van der Waals surface area contributed by atoms with Crippen LogP contribution in [0.5, 0.6) is 0 Å². The number of carbonyl (C=O) groups excluding carboxylic acids is 2. The van der Waals surface area contributed by atoms with Crippen LogP contribution in [-0.4, -0.2) is 52.0 Å². The van der Waals surface area contributed by atoms with Crippen molar-refractivity contribution in [3.63, 3.8) is 0 Å². The highest BCUT2D eigenvalue weighted by atomic mass is 35.5. The average Bonchev–Trinajstić information content (AvgIpc) is 2.78. The number of hydrogen-bond acceptors (Lipinski definition) is 6. The zero-order chi connectivity index (χ0) is 26.6. The summed E-state index contributed by atoms with van der Waals surface area (Å²) in [5, 5.41) is 22.9. The molecule has 1 atom stereocenters. The largest absolute Gasteiger partial charge is 0.386 e. The number of ketones is 1. The molecule has 0 saturated heterocycles. The molecule has 36 heavy (non-hydrogen) atoms. The van der Waals surface area contributed by atoms with Crippen molar-refractivity contribution in [2.45, 2.75) is 78.4 Å². The monoisotopic (exact) mass is 536 g/mol. The Balaban J connectivity index is 1.78. The first-order valence-electron chi connectivity index (χ1n) is 12.7. The Morgan fingerprint density at radius 3 is 2.28 bits per heavy atom. The minimum atomic E-state index is -1.09. The molecule has 0 spiro atoms. The molecule has 1 amide bonds. The Morgan fingerprint density at radius 1 is 1.19 bits per heavy atom. The molecular weight excluding hydrogens is 499 g/mol. The Kier molecular flexibility index (Phi) is 9.58. The van der Waals surface area contributed by atoms with Gasteiger partial charge in [0.2, 0.25) is 0 Å². The number of rotatable bonds is 10. The average molecular weight is 538 g/mol. The van der Waals surface area contributed by atoms with Gasteiger partial charge in [0, 0.05) is 48.4 Å². The fraction of sp³-hybridized carbons (Fsp3) is 0.630. The standard InChI is InChI=1S/C27H38Cl2N4O3/c1-16(32-20-7-5-19(6-8-20)17(2)34)21(11-30)26(36)33(14-18-9-27(3,4)10-18)15-24(35)25-22(28)12-31-13-23(25)29/h11-13,18-20,24,30,32,35H,5-10,14-15H2,1-4H3/b21-16+,30-11?/t19-,20-,24?. The highest BCUT2D eigenvalue weighted by Gasteiger charge is 2.38. The Bertz CT molecular complexity index is 990. The molecule has 0 bridgehead atoms. The predicted molar refractivity (Wildman–Crippen MR) is 143 cm³/mol. The van der Waals surface area contributed by atoms with Gasteiger partial charge in [-0.25, -0.2) is 0 Å². The summed E-state index contributed by atoms with van der Waals surface area (Å²) in [7, 11) is 0. The van der Waals surface area contributed by atoms with Gasteiger partial charge in [0.15, 0.2) is 0 Å². The van der Waals surface area contributed by atoms with Crippen LogP contribution in [0.4, 0.5) is 0 Å². The van der Waals surface area contributed by atoms with E-state index in [1.807, 2.05) is 6.92 Å². The zero-order valence-corrected chi connectivity index (χ0v) is 23.1. The summed E-state index contributed by atoms with van der Waals surface area (Å²) in [6.45, 7) is 8.36. The van der Waals surface area contributed by atoms with Gasteiger partial charge in [0.25, 0.3) is 5.91 Å². The van der Waals surface area contributed by atoms with Crippen molar-refractivity contribution >= 4 is 41.1 Å². The third kappa shape index (κ3) is 7.08. The van der Waals surface area contributed by atoms with Crippen molar-refractivity contribution in [1.29, 1.82) is 5.41 Å². The number of allylic oxidation sites excluding steroid dienone is 1. The second kappa shape index (κ2) is 12.1. The molecule has 2 aliphatic carbocycles. The van der Waals surface area contributed by atoms with E-state index in [0.29, 0.717) is 23.7 Å². The van der Waals surface area contributed by atoms with Crippen molar-refractivity contribution in [1.82, 2.24) is 15.2 Å². The van der Waals surface area contributed by atoms with E-state index >= 15 is 0 Å². The topological polar surface area (TPSA) is 106 Å². The van der Waals surface area contributed by atoms with E-state index in [4.69, 9.17) is 28.6 Å². The molecule has 0 aromatic carbocycles. The molecule has 1 unspecified atom stereocenters. The summed E-state index contributed by atoms with van der Waals surface area (Å²) >= 11 is 12.5. The maximum atomic E-state index is 13.7. The van der Waals surface area contributed by atoms with Gasteiger partial charge >= 0.3 is 0 Å². The Morgan fingerprint density at radius 2 is 1.78 bits per heavy atom. The normalized spacial score (nSPS) is 23.2. The smallest absolute Gasteiger partial charge is 0.257 e. The summed E-state index contributed by atoms with van der Waals surface area (Å²) in [6, 6.07) is 0.157. The molecule has 0 aliphatic heterocycles. The van der Waals surface area contributed by atoms with Crippen molar-refractivity contribution in [2.75, 3.05) is 13.1 Å². The number of amides is 1. The molecule has 7 nitrogen and oxygen atoms in total. The van der Waals surface area contributed by atoms with Crippen molar-refractivity contribution in [3.05, 3.63) is 39.3 Å². The summed E-state index contributed by atoms with van der Waals surface area (Å²) in [5.74, 6) is 0.365. The van der Waals surface area contributed by atoms with Gasteiger partial charge in [0.05, 0.1) is 28.3 Å². The lowest BCUT2D eigenvalue weighted by Crippen LogP contribution is -2.45. The number of nitrogens with one attached hydrogen (secondary N) is 2. The summed E-state index contributed by atoms with van der Waals surface area (Å²) in [4.78, 5) is 31.0. The quantitative estimate of drug-likeness (QED) is 0.276. The van der Waals surface area contributed by atoms with Crippen LogP contribution in [0.15, 0.2) is 23.7 Å². The molecule has 2 aliphatic rings. The SMILES string of the molecule is C/C(N[C@H]1CC[C@H](C(C)=O)CC1)=C(/C=N)C(=O)N(CC1CC(C)(C)C1)CC(O)c1c(Cl)cncc1Cl. The molecule has 1 aromatic heterocycles. The van der Waals surface area contributed by atoms with Crippen molar-refractivity contribution < 1.29 is 14.7 Å². The Hall–Kier alpha value is -1.96. The fourth-order valence-corrected chi connectivity index (χ4v) is 6.37. The molecule has 1 aromatic rings. The molecule has 2 fully saturated rings. The first-order chi connectivity index (χ1) is 16.9. The molecule has 3 rings (SSSR count). The summed E-state index contributed by atoms with van der Waals surface area (Å²) < 4.78 is 0. The molecule has 1 heterocycles. The van der Waals surface area contributed by atoms with Crippen LogP contribution in [0.2, 0.25) is 10.0 Å². The zero-order valence-electron chi connectivity index (χ0n) is 21.6. The van der Waals surface area contributed by atoms with Crippen LogP contribution in [-0.2, 0) is 9.59 Å². The van der Waals surface area contributed by atoms with Crippen LogP contribution in [0, 0.1) is 22.7 Å². The van der Waals surface area contributed by atoms with Crippen LogP contribution in [0.3, 0.4) is 0 Å². The van der Waals surface area contributed by atoms with E-state index in [9.17, 15) is 14.7 Å². The van der Waals surface area contributed by atoms with E-state index in [1.54, 1.807) is 11.8 Å². The van der Waals surface area contributed by atoms with Gasteiger partial charge in [-0.05, 0) is 63.7 Å². The van der Waals surface area contributed by atoms with Crippen LogP contribution < -0.4 is 5.32 Å². The van der Waals surface area contributed by atoms with Crippen LogP contribution in [0.25, 0.3) is 0 Å². The minimum Gasteiger partial charge on any atom is -0.386 e. The number of carbonyl (C=O) groups is 2. The lowest BCUT2D eigenvalue weighted by atomic mass is 9.64. The number of pyridine rings is 1. The summed E-state index contributed by atoms with van der Waals surface area (Å²) in [6.07, 6.45) is 8.17. The number of aromatic nitrogens is 1. The number of Topliss-reactive ketones (excluding diaryl/α,β-unsaturated/α-hetero) is 1. The number of hydrogen-bond donors (Lipinski definition) is 3. The van der Waals surface area contributed by atoms with Crippen LogP contribution in [0.1, 0.15) is 77.9 Å². The van der Waals surface area contributed by atoms with Gasteiger partial charge < -0.3 is 20.7 Å². The second-order valence-electron chi connectivity index (χ2n) is 11.2. The van der Waals surface area contributed by atoms with Crippen LogP contribution >= 0.6 is 23.2 Å². The number of halogens is 2. The van der Waals surface area contributed by atoms with Gasteiger partial charge in [-0.2, -0.15) is 0 Å². The van der Waals surface area contributed by atoms with Crippen molar-refractivity contribution in [3.8, 4) is 0 Å². The highest BCUT2D eigenvalue weighted by Crippen LogP contribution is 2.45. The van der Waals surface area contributed by atoms with Crippen molar-refractivity contribution in [2.24, 2.45) is 17.3 Å². The van der Waals surface area contributed by atoms with Gasteiger partial charge in [-0.1, -0.05) is 37.0 Å². The molecule has 3 N–H and O–H groups in total. The highest BCUT2D eigenvalue weighted by molar-refractivity contribution is 6.35. The van der Waals surface area contributed by atoms with E-state index in [0.717, 1.165) is 44.7 Å². The Labute approximate surface area is 224 Å². The molecule has 2 saturated carbocycles. The molecular formula is C27H38Cl2N4O3. The van der Waals surface area contributed by atoms with E-state index in [2.05, 4.69) is 24.1 Å². The number of aliphatic hydroxyl groups is 1. The number of nitrogens with zero attached hydrogens (tertiary/aromatic N) is 2. The van der Waals surface area contributed by atoms with Gasteiger partial charge in [-0.3, -0.25) is 14.6 Å². The first kappa shape index (κ1) is 28.6. The maximum absolute atomic E-state index is 13.7. The second-order valence-corrected chi connectivity index (χ2v) is 12.0.